The Morgan fingerprint density at radius 1 is 1.00 bits per heavy atom. The van der Waals surface area contributed by atoms with E-state index in [0.717, 1.165) is 39.0 Å². The minimum Gasteiger partial charge on any atom is -0.343 e. The van der Waals surface area contributed by atoms with E-state index in [2.05, 4.69) is 23.9 Å². The summed E-state index contributed by atoms with van der Waals surface area (Å²) in [5, 5.41) is 4.94. The molecule has 1 amide bonds. The Morgan fingerprint density at radius 3 is 2.26 bits per heavy atom. The summed E-state index contributed by atoms with van der Waals surface area (Å²) in [6.45, 7) is 10.3. The van der Waals surface area contributed by atoms with Crippen LogP contribution in [0, 0.1) is 5.92 Å². The number of hydrazine groups is 1. The third kappa shape index (κ3) is 3.69. The third-order valence-corrected chi connectivity index (χ3v) is 4.56. The van der Waals surface area contributed by atoms with Gasteiger partial charge in [0, 0.05) is 39.3 Å². The van der Waals surface area contributed by atoms with Crippen molar-refractivity contribution >= 4 is 5.91 Å². The minimum atomic E-state index is 0.218. The van der Waals surface area contributed by atoms with Crippen molar-refractivity contribution in [2.75, 3.05) is 39.3 Å². The van der Waals surface area contributed by atoms with Crippen LogP contribution >= 0.6 is 0 Å². The van der Waals surface area contributed by atoms with Crippen LogP contribution in [0.1, 0.15) is 46.0 Å². The van der Waals surface area contributed by atoms with E-state index in [1.807, 2.05) is 4.90 Å². The fraction of sp³-hybridized carbons (Fsp3) is 0.933. The van der Waals surface area contributed by atoms with Crippen LogP contribution in [0.25, 0.3) is 0 Å². The molecule has 1 unspecified atom stereocenters. The first-order chi connectivity index (χ1) is 9.26. The third-order valence-electron chi connectivity index (χ3n) is 4.56. The van der Waals surface area contributed by atoms with Crippen molar-refractivity contribution in [2.24, 2.45) is 5.92 Å². The van der Waals surface area contributed by atoms with Crippen molar-refractivity contribution in [3.8, 4) is 0 Å². The maximum absolute atomic E-state index is 12.5. The van der Waals surface area contributed by atoms with Gasteiger partial charge in [0.05, 0.1) is 5.92 Å². The van der Waals surface area contributed by atoms with E-state index in [9.17, 15) is 4.79 Å². The highest BCUT2D eigenvalue weighted by Crippen LogP contribution is 2.22. The number of carbonyl (C=O) groups is 1. The molecule has 0 aromatic heterocycles. The molecule has 2 fully saturated rings. The molecule has 4 nitrogen and oxygen atoms in total. The van der Waals surface area contributed by atoms with Gasteiger partial charge in [-0.3, -0.25) is 4.79 Å². The fourth-order valence-corrected chi connectivity index (χ4v) is 3.37. The van der Waals surface area contributed by atoms with Crippen molar-refractivity contribution < 1.29 is 4.79 Å². The maximum atomic E-state index is 12.5. The summed E-state index contributed by atoms with van der Waals surface area (Å²) in [6, 6.07) is 0. The van der Waals surface area contributed by atoms with Crippen LogP contribution in [0.4, 0.5) is 0 Å². The van der Waals surface area contributed by atoms with Crippen LogP contribution < -0.4 is 0 Å². The zero-order chi connectivity index (χ0) is 13.7. The van der Waals surface area contributed by atoms with E-state index in [-0.39, 0.29) is 5.92 Å². The van der Waals surface area contributed by atoms with Gasteiger partial charge in [-0.2, -0.15) is 0 Å². The van der Waals surface area contributed by atoms with Gasteiger partial charge in [-0.05, 0) is 39.5 Å². The standard InChI is InChI=1S/C15H29N3O/c1-3-16(4-2)15(19)14-9-8-12-18(13-14)17-10-6-5-7-11-17/h14H,3-13H2,1-2H3. The molecule has 0 bridgehead atoms. The Balaban J connectivity index is 1.90. The zero-order valence-electron chi connectivity index (χ0n) is 12.6. The Hall–Kier alpha value is -0.610. The fourth-order valence-electron chi connectivity index (χ4n) is 3.37. The molecule has 1 atom stereocenters. The first-order valence-electron chi connectivity index (χ1n) is 8.04. The number of rotatable bonds is 4. The Labute approximate surface area is 117 Å². The van der Waals surface area contributed by atoms with Crippen molar-refractivity contribution in [3.63, 3.8) is 0 Å². The van der Waals surface area contributed by atoms with E-state index in [1.54, 1.807) is 0 Å². The van der Waals surface area contributed by atoms with Crippen molar-refractivity contribution in [1.29, 1.82) is 0 Å². The van der Waals surface area contributed by atoms with Gasteiger partial charge in [-0.15, -0.1) is 0 Å². The highest BCUT2D eigenvalue weighted by molar-refractivity contribution is 5.79. The lowest BCUT2D eigenvalue weighted by atomic mass is 9.97. The summed E-state index contributed by atoms with van der Waals surface area (Å²) in [5.41, 5.74) is 0. The summed E-state index contributed by atoms with van der Waals surface area (Å²) in [7, 11) is 0. The molecule has 2 aliphatic heterocycles. The second-order valence-electron chi connectivity index (χ2n) is 5.78. The van der Waals surface area contributed by atoms with Crippen molar-refractivity contribution in [3.05, 3.63) is 0 Å². The van der Waals surface area contributed by atoms with E-state index in [4.69, 9.17) is 0 Å². The monoisotopic (exact) mass is 267 g/mol. The topological polar surface area (TPSA) is 26.8 Å². The predicted octanol–water partition coefficient (Wildman–Crippen LogP) is 1.97. The average molecular weight is 267 g/mol. The first-order valence-corrected chi connectivity index (χ1v) is 8.04. The molecule has 2 heterocycles. The Kier molecular flexibility index (Phi) is 5.64. The normalized spacial score (nSPS) is 26.3. The number of carbonyl (C=O) groups excluding carboxylic acids is 1. The maximum Gasteiger partial charge on any atom is 0.227 e. The number of hydrogen-bond donors (Lipinski definition) is 0. The molecule has 0 saturated carbocycles. The van der Waals surface area contributed by atoms with Gasteiger partial charge in [0.2, 0.25) is 5.91 Å². The Bertz CT molecular complexity index is 285. The van der Waals surface area contributed by atoms with Crippen LogP contribution in [-0.2, 0) is 4.79 Å². The molecule has 2 saturated heterocycles. The lowest BCUT2D eigenvalue weighted by molar-refractivity contribution is -0.141. The lowest BCUT2D eigenvalue weighted by Gasteiger charge is -2.42. The van der Waals surface area contributed by atoms with Gasteiger partial charge in [0.25, 0.3) is 0 Å². The smallest absolute Gasteiger partial charge is 0.227 e. The SMILES string of the molecule is CCN(CC)C(=O)C1CCCN(N2CCCCC2)C1. The van der Waals surface area contributed by atoms with Crippen LogP contribution in [0.5, 0.6) is 0 Å². The van der Waals surface area contributed by atoms with E-state index in [1.165, 1.54) is 32.4 Å². The van der Waals surface area contributed by atoms with Gasteiger partial charge >= 0.3 is 0 Å². The molecular weight excluding hydrogens is 238 g/mol. The summed E-state index contributed by atoms with van der Waals surface area (Å²) < 4.78 is 0. The number of piperidine rings is 2. The summed E-state index contributed by atoms with van der Waals surface area (Å²) in [6.07, 6.45) is 6.22. The second kappa shape index (κ2) is 7.25. The lowest BCUT2D eigenvalue weighted by Crippen LogP contribution is -2.52. The molecule has 19 heavy (non-hydrogen) atoms. The van der Waals surface area contributed by atoms with E-state index < -0.39 is 0 Å². The molecule has 2 aliphatic rings. The zero-order valence-corrected chi connectivity index (χ0v) is 12.6. The van der Waals surface area contributed by atoms with E-state index >= 15 is 0 Å². The van der Waals surface area contributed by atoms with Crippen molar-refractivity contribution in [2.45, 2.75) is 46.0 Å². The van der Waals surface area contributed by atoms with Gasteiger partial charge in [-0.1, -0.05) is 6.42 Å². The quantitative estimate of drug-likeness (QED) is 0.779. The highest BCUT2D eigenvalue weighted by Gasteiger charge is 2.30. The van der Waals surface area contributed by atoms with Gasteiger partial charge in [0.1, 0.15) is 0 Å². The van der Waals surface area contributed by atoms with Gasteiger partial charge in [-0.25, -0.2) is 10.0 Å². The van der Waals surface area contributed by atoms with Gasteiger partial charge in [0.15, 0.2) is 0 Å². The van der Waals surface area contributed by atoms with Gasteiger partial charge < -0.3 is 4.90 Å². The molecule has 0 N–H and O–H groups in total. The largest absolute Gasteiger partial charge is 0.343 e. The summed E-state index contributed by atoms with van der Waals surface area (Å²) >= 11 is 0. The number of amides is 1. The molecule has 0 radical (unpaired) electrons. The molecule has 4 heteroatoms. The second-order valence-corrected chi connectivity index (χ2v) is 5.78. The molecule has 0 aromatic rings. The molecular formula is C15H29N3O. The summed E-state index contributed by atoms with van der Waals surface area (Å²) in [4.78, 5) is 14.5. The molecule has 0 spiro atoms. The van der Waals surface area contributed by atoms with Crippen LogP contribution in [0.3, 0.4) is 0 Å². The van der Waals surface area contributed by atoms with Crippen LogP contribution in [-0.4, -0.2) is 60.1 Å². The first kappa shape index (κ1) is 14.8. The highest BCUT2D eigenvalue weighted by atomic mass is 16.2. The number of hydrogen-bond acceptors (Lipinski definition) is 3. The molecule has 110 valence electrons. The summed E-state index contributed by atoms with van der Waals surface area (Å²) in [5.74, 6) is 0.585. The van der Waals surface area contributed by atoms with Crippen molar-refractivity contribution in [1.82, 2.24) is 14.9 Å². The number of nitrogens with zero attached hydrogens (tertiary/aromatic N) is 3. The van der Waals surface area contributed by atoms with Crippen LogP contribution in [0.2, 0.25) is 0 Å². The predicted molar refractivity (Wildman–Crippen MR) is 77.6 cm³/mol. The van der Waals surface area contributed by atoms with Crippen LogP contribution in [0.15, 0.2) is 0 Å². The minimum absolute atomic E-state index is 0.218. The Morgan fingerprint density at radius 2 is 1.63 bits per heavy atom. The molecule has 0 aromatic carbocycles. The average Bonchev–Trinajstić information content (AvgIpc) is 2.49. The molecule has 0 aliphatic carbocycles. The van der Waals surface area contributed by atoms with E-state index in [0.29, 0.717) is 5.91 Å². The molecule has 2 rings (SSSR count).